The van der Waals surface area contributed by atoms with Crippen molar-refractivity contribution in [1.29, 1.82) is 0 Å². The standard InChI is InChI=1S/C17H20N2OS.CH4/c1-13(19-15-9-5-3-6-10-15)17(20-18)14(2)21-16-11-7-4-8-12-16;/h4-5,7-12,19H,1,3,6,18H2,2H3;1H4/b17-14+;. The molecule has 22 heavy (non-hydrogen) atoms. The number of benzene rings is 1. The predicted molar refractivity (Wildman–Crippen MR) is 95.7 cm³/mol. The maximum Gasteiger partial charge on any atom is 0.179 e. The summed E-state index contributed by atoms with van der Waals surface area (Å²) in [5, 5.41) is 3.24. The van der Waals surface area contributed by atoms with Gasteiger partial charge in [0.1, 0.15) is 0 Å². The summed E-state index contributed by atoms with van der Waals surface area (Å²) in [5.74, 6) is 6.00. The molecular weight excluding hydrogens is 292 g/mol. The zero-order valence-corrected chi connectivity index (χ0v) is 13.0. The van der Waals surface area contributed by atoms with Crippen molar-refractivity contribution >= 4 is 11.8 Å². The van der Waals surface area contributed by atoms with Gasteiger partial charge in [-0.25, -0.2) is 0 Å². The van der Waals surface area contributed by atoms with Crippen LogP contribution in [-0.2, 0) is 4.84 Å². The Morgan fingerprint density at radius 3 is 2.59 bits per heavy atom. The molecule has 0 aliphatic heterocycles. The third kappa shape index (κ3) is 5.13. The van der Waals surface area contributed by atoms with E-state index in [9.17, 15) is 0 Å². The SMILES string of the molecule is C.C=C(NC1=CCCC=C1)/C(ON)=C(/C)Sc1ccccc1. The van der Waals surface area contributed by atoms with Gasteiger partial charge in [-0.3, -0.25) is 0 Å². The number of nitrogens with one attached hydrogen (secondary N) is 1. The molecule has 1 aromatic carbocycles. The van der Waals surface area contributed by atoms with Crippen LogP contribution >= 0.6 is 11.8 Å². The molecule has 1 aliphatic carbocycles. The van der Waals surface area contributed by atoms with Crippen LogP contribution in [0.25, 0.3) is 0 Å². The van der Waals surface area contributed by atoms with Gasteiger partial charge < -0.3 is 10.2 Å². The highest BCUT2D eigenvalue weighted by Crippen LogP contribution is 2.30. The molecule has 118 valence electrons. The molecule has 0 aromatic heterocycles. The number of rotatable bonds is 6. The van der Waals surface area contributed by atoms with E-state index < -0.39 is 0 Å². The molecule has 0 fully saturated rings. The highest BCUT2D eigenvalue weighted by molar-refractivity contribution is 8.03. The smallest absolute Gasteiger partial charge is 0.179 e. The first-order valence-electron chi connectivity index (χ1n) is 6.84. The number of allylic oxidation sites excluding steroid dienone is 4. The largest absolute Gasteiger partial charge is 0.408 e. The third-order valence-corrected chi connectivity index (χ3v) is 4.02. The van der Waals surface area contributed by atoms with Crippen LogP contribution in [0.3, 0.4) is 0 Å². The Labute approximate surface area is 137 Å². The van der Waals surface area contributed by atoms with Crippen molar-refractivity contribution in [3.05, 3.63) is 77.2 Å². The van der Waals surface area contributed by atoms with Crippen LogP contribution in [0.5, 0.6) is 0 Å². The van der Waals surface area contributed by atoms with Gasteiger partial charge in [-0.05, 0) is 38.0 Å². The van der Waals surface area contributed by atoms with Crippen molar-refractivity contribution in [2.75, 3.05) is 0 Å². The Bertz CT molecular complexity index is 588. The van der Waals surface area contributed by atoms with E-state index in [4.69, 9.17) is 10.7 Å². The van der Waals surface area contributed by atoms with Gasteiger partial charge >= 0.3 is 0 Å². The predicted octanol–water partition coefficient (Wildman–Crippen LogP) is 4.87. The third-order valence-electron chi connectivity index (χ3n) is 3.02. The van der Waals surface area contributed by atoms with Crippen molar-refractivity contribution in [2.24, 2.45) is 5.90 Å². The minimum absolute atomic E-state index is 0. The van der Waals surface area contributed by atoms with E-state index in [0.29, 0.717) is 11.5 Å². The molecule has 0 unspecified atom stereocenters. The maximum atomic E-state index is 5.42. The van der Waals surface area contributed by atoms with E-state index in [1.807, 2.05) is 43.3 Å². The molecule has 3 nitrogen and oxygen atoms in total. The Balaban J connectivity index is 0.00000242. The zero-order valence-electron chi connectivity index (χ0n) is 12.1. The number of thioether (sulfide) groups is 1. The summed E-state index contributed by atoms with van der Waals surface area (Å²) >= 11 is 1.60. The molecule has 0 bridgehead atoms. The van der Waals surface area contributed by atoms with Gasteiger partial charge in [0.2, 0.25) is 0 Å². The normalized spacial score (nSPS) is 14.4. The summed E-state index contributed by atoms with van der Waals surface area (Å²) in [6, 6.07) is 10.1. The quantitative estimate of drug-likeness (QED) is 0.340. The molecule has 0 saturated carbocycles. The average Bonchev–Trinajstić information content (AvgIpc) is 2.50. The molecule has 1 aliphatic rings. The summed E-state index contributed by atoms with van der Waals surface area (Å²) < 4.78 is 0. The van der Waals surface area contributed by atoms with Crippen LogP contribution in [0.2, 0.25) is 0 Å². The number of nitrogens with two attached hydrogens (primary N) is 1. The monoisotopic (exact) mass is 316 g/mol. The van der Waals surface area contributed by atoms with Crippen molar-refractivity contribution in [1.82, 2.24) is 5.32 Å². The molecular formula is C18H24N2OS. The second-order valence-corrected chi connectivity index (χ2v) is 5.95. The lowest BCUT2D eigenvalue weighted by Gasteiger charge is -2.16. The van der Waals surface area contributed by atoms with Crippen LogP contribution in [0.1, 0.15) is 27.2 Å². The Morgan fingerprint density at radius 2 is 2.00 bits per heavy atom. The van der Waals surface area contributed by atoms with Crippen LogP contribution in [-0.4, -0.2) is 0 Å². The highest BCUT2D eigenvalue weighted by Gasteiger charge is 2.11. The van der Waals surface area contributed by atoms with Gasteiger partial charge in [0.15, 0.2) is 5.76 Å². The lowest BCUT2D eigenvalue weighted by Crippen LogP contribution is -2.17. The lowest BCUT2D eigenvalue weighted by molar-refractivity contribution is 0.225. The minimum atomic E-state index is 0. The fraction of sp³-hybridized carbons (Fsp3) is 0.222. The molecule has 0 spiro atoms. The molecule has 0 heterocycles. The minimum Gasteiger partial charge on any atom is -0.408 e. The van der Waals surface area contributed by atoms with Gasteiger partial charge in [-0.1, -0.05) is 56.1 Å². The van der Waals surface area contributed by atoms with Crippen molar-refractivity contribution in [2.45, 2.75) is 32.1 Å². The first-order valence-corrected chi connectivity index (χ1v) is 7.66. The van der Waals surface area contributed by atoms with E-state index in [2.05, 4.69) is 24.0 Å². The van der Waals surface area contributed by atoms with Crippen molar-refractivity contribution < 1.29 is 4.84 Å². The fourth-order valence-electron chi connectivity index (χ4n) is 2.02. The second-order valence-electron chi connectivity index (χ2n) is 4.66. The molecule has 0 amide bonds. The molecule has 0 saturated heterocycles. The van der Waals surface area contributed by atoms with Crippen molar-refractivity contribution in [3.8, 4) is 0 Å². The Hall–Kier alpha value is -1.91. The second kappa shape index (κ2) is 9.18. The summed E-state index contributed by atoms with van der Waals surface area (Å²) in [4.78, 5) is 7.13. The Morgan fingerprint density at radius 1 is 1.27 bits per heavy atom. The first kappa shape index (κ1) is 18.1. The number of hydrogen-bond donors (Lipinski definition) is 2. The summed E-state index contributed by atoms with van der Waals surface area (Å²) in [6.07, 6.45) is 8.43. The summed E-state index contributed by atoms with van der Waals surface area (Å²) in [5.41, 5.74) is 1.69. The van der Waals surface area contributed by atoms with Gasteiger partial charge in [-0.2, -0.15) is 5.90 Å². The van der Waals surface area contributed by atoms with Crippen molar-refractivity contribution in [3.63, 3.8) is 0 Å². The van der Waals surface area contributed by atoms with E-state index in [-0.39, 0.29) is 7.43 Å². The lowest BCUT2D eigenvalue weighted by atomic mass is 10.1. The average molecular weight is 316 g/mol. The van der Waals surface area contributed by atoms with Crippen LogP contribution in [0, 0.1) is 0 Å². The maximum absolute atomic E-state index is 5.42. The summed E-state index contributed by atoms with van der Waals surface area (Å²) in [6.45, 7) is 5.99. The zero-order chi connectivity index (χ0) is 15.1. The fourth-order valence-corrected chi connectivity index (χ4v) is 2.93. The summed E-state index contributed by atoms with van der Waals surface area (Å²) in [7, 11) is 0. The first-order chi connectivity index (χ1) is 10.2. The van der Waals surface area contributed by atoms with E-state index in [0.717, 1.165) is 28.3 Å². The topological polar surface area (TPSA) is 47.3 Å². The van der Waals surface area contributed by atoms with E-state index in [1.165, 1.54) is 0 Å². The highest BCUT2D eigenvalue weighted by atomic mass is 32.2. The van der Waals surface area contributed by atoms with E-state index in [1.54, 1.807) is 11.8 Å². The van der Waals surface area contributed by atoms with E-state index >= 15 is 0 Å². The molecule has 2 rings (SSSR count). The molecule has 0 atom stereocenters. The molecule has 0 radical (unpaired) electrons. The molecule has 3 N–H and O–H groups in total. The van der Waals surface area contributed by atoms with Gasteiger partial charge in [-0.15, -0.1) is 0 Å². The van der Waals surface area contributed by atoms with Crippen LogP contribution in [0.4, 0.5) is 0 Å². The molecule has 1 aromatic rings. The van der Waals surface area contributed by atoms with Crippen LogP contribution < -0.4 is 11.2 Å². The van der Waals surface area contributed by atoms with Gasteiger partial charge in [0.25, 0.3) is 0 Å². The van der Waals surface area contributed by atoms with Gasteiger partial charge in [0.05, 0.1) is 5.70 Å². The number of hydrogen-bond acceptors (Lipinski definition) is 4. The van der Waals surface area contributed by atoms with Crippen LogP contribution in [0.15, 0.2) is 82.1 Å². The molecule has 4 heteroatoms. The van der Waals surface area contributed by atoms with Gasteiger partial charge in [0, 0.05) is 15.5 Å². The Kier molecular flexibility index (Phi) is 7.57.